The number of carbonyl (C=O) groups excluding carboxylic acids is 1. The number of carbonyl (C=O) groups is 2. The Morgan fingerprint density at radius 3 is 2.65 bits per heavy atom. The number of nitrogens with zero attached hydrogens (tertiary/aromatic N) is 1. The van der Waals surface area contributed by atoms with Crippen molar-refractivity contribution in [3.63, 3.8) is 0 Å². The molecule has 3 aliphatic rings. The lowest BCUT2D eigenvalue weighted by atomic mass is 9.79. The minimum atomic E-state index is -5.08. The van der Waals surface area contributed by atoms with Gasteiger partial charge in [0.15, 0.2) is 0 Å². The van der Waals surface area contributed by atoms with Crippen molar-refractivity contribution in [3.05, 3.63) is 34.9 Å². The molecule has 1 heterocycles. The van der Waals surface area contributed by atoms with Gasteiger partial charge in [-0.1, -0.05) is 31.0 Å². The summed E-state index contributed by atoms with van der Waals surface area (Å²) in [5.41, 5.74) is 4.26. The number of ether oxygens (including phenoxy) is 1. The number of carboxylic acid groups (broad SMARTS) is 1. The van der Waals surface area contributed by atoms with E-state index in [9.17, 15) is 18.0 Å². The van der Waals surface area contributed by atoms with Crippen LogP contribution in [0.3, 0.4) is 0 Å². The number of carboxylic acids is 1. The Balaban J connectivity index is 0.000000406. The first-order chi connectivity index (χ1) is 16.1. The lowest BCUT2D eigenvalue weighted by molar-refractivity contribution is -0.192. The van der Waals surface area contributed by atoms with E-state index in [-0.39, 0.29) is 17.7 Å². The third-order valence-electron chi connectivity index (χ3n) is 6.72. The van der Waals surface area contributed by atoms with E-state index < -0.39 is 12.1 Å². The second-order valence-corrected chi connectivity index (χ2v) is 9.19. The van der Waals surface area contributed by atoms with Gasteiger partial charge in [-0.05, 0) is 55.7 Å². The molecule has 1 saturated heterocycles. The molecule has 2 atom stereocenters. The highest BCUT2D eigenvalue weighted by atomic mass is 19.4. The lowest BCUT2D eigenvalue weighted by Gasteiger charge is -2.49. The van der Waals surface area contributed by atoms with Crippen LogP contribution in [-0.2, 0) is 28.9 Å². The standard InChI is InChI=1S/C22H33N3O2.C2HF3O2/c1-2-23-21(26)24-20-8-3-4-11-22(20)16-25(12-13-27-22)15-17-9-10-18-6-5-7-19(18)14-17;3-2(4,5)1(6)7/h9-10,14,20H,2-8,11-13,15-16H2,1H3,(H2,23,24,26);(H,6,7). The molecule has 1 aromatic rings. The zero-order valence-electron chi connectivity index (χ0n) is 19.5. The van der Waals surface area contributed by atoms with Crippen molar-refractivity contribution in [2.45, 2.75) is 76.2 Å². The molecule has 0 bridgehead atoms. The first-order valence-electron chi connectivity index (χ1n) is 11.9. The number of hydrogen-bond donors (Lipinski definition) is 3. The Labute approximate surface area is 198 Å². The van der Waals surface area contributed by atoms with Crippen molar-refractivity contribution in [1.82, 2.24) is 15.5 Å². The van der Waals surface area contributed by atoms with Crippen LogP contribution in [0.4, 0.5) is 18.0 Å². The smallest absolute Gasteiger partial charge is 0.475 e. The molecular weight excluding hydrogens is 451 g/mol. The Bertz CT molecular complexity index is 860. The van der Waals surface area contributed by atoms with Gasteiger partial charge in [0.05, 0.1) is 12.6 Å². The van der Waals surface area contributed by atoms with Crippen LogP contribution in [-0.4, -0.2) is 66.1 Å². The summed E-state index contributed by atoms with van der Waals surface area (Å²) < 4.78 is 38.1. The van der Waals surface area contributed by atoms with Crippen LogP contribution in [0, 0.1) is 0 Å². The van der Waals surface area contributed by atoms with Crippen LogP contribution in [0.2, 0.25) is 0 Å². The molecule has 3 N–H and O–H groups in total. The molecule has 190 valence electrons. The van der Waals surface area contributed by atoms with Crippen LogP contribution < -0.4 is 10.6 Å². The molecule has 1 spiro atoms. The van der Waals surface area contributed by atoms with Gasteiger partial charge in [0, 0.05) is 26.2 Å². The molecule has 1 aliphatic heterocycles. The summed E-state index contributed by atoms with van der Waals surface area (Å²) in [6.07, 6.45) is 3.06. The monoisotopic (exact) mass is 485 g/mol. The Morgan fingerprint density at radius 1 is 1.21 bits per heavy atom. The summed E-state index contributed by atoms with van der Waals surface area (Å²) in [5, 5.41) is 13.2. The molecule has 34 heavy (non-hydrogen) atoms. The second kappa shape index (κ2) is 11.4. The number of aliphatic carboxylic acids is 1. The minimum Gasteiger partial charge on any atom is -0.475 e. The molecule has 1 aromatic carbocycles. The predicted octanol–water partition coefficient (Wildman–Crippen LogP) is 3.64. The van der Waals surface area contributed by atoms with Crippen LogP contribution >= 0.6 is 0 Å². The lowest BCUT2D eigenvalue weighted by Crippen LogP contribution is -2.64. The van der Waals surface area contributed by atoms with Crippen molar-refractivity contribution >= 4 is 12.0 Å². The maximum absolute atomic E-state index is 12.1. The molecule has 2 amide bonds. The highest BCUT2D eigenvalue weighted by molar-refractivity contribution is 5.74. The molecule has 0 radical (unpaired) electrons. The van der Waals surface area contributed by atoms with E-state index in [1.54, 1.807) is 5.56 Å². The largest absolute Gasteiger partial charge is 0.490 e. The van der Waals surface area contributed by atoms with Gasteiger partial charge >= 0.3 is 18.2 Å². The number of amides is 2. The van der Waals surface area contributed by atoms with Gasteiger partial charge in [-0.25, -0.2) is 9.59 Å². The summed E-state index contributed by atoms with van der Waals surface area (Å²) in [6.45, 7) is 6.20. The van der Waals surface area contributed by atoms with Gasteiger partial charge in [-0.15, -0.1) is 0 Å². The van der Waals surface area contributed by atoms with Gasteiger partial charge in [0.2, 0.25) is 0 Å². The number of aryl methyl sites for hydroxylation is 2. The summed E-state index contributed by atoms with van der Waals surface area (Å²) in [5.74, 6) is -2.76. The molecule has 2 aliphatic carbocycles. The van der Waals surface area contributed by atoms with Crippen molar-refractivity contribution in [2.75, 3.05) is 26.2 Å². The normalized spacial score (nSPS) is 24.6. The molecular formula is C24H34F3N3O4. The molecule has 2 fully saturated rings. The molecule has 1 saturated carbocycles. The topological polar surface area (TPSA) is 90.9 Å². The quantitative estimate of drug-likeness (QED) is 0.606. The van der Waals surface area contributed by atoms with E-state index in [4.69, 9.17) is 14.6 Å². The molecule has 7 nitrogen and oxygen atoms in total. The van der Waals surface area contributed by atoms with E-state index in [2.05, 4.69) is 33.7 Å². The number of rotatable bonds is 4. The second-order valence-electron chi connectivity index (χ2n) is 9.19. The molecule has 10 heteroatoms. The number of halogens is 3. The molecule has 4 rings (SSSR count). The van der Waals surface area contributed by atoms with Gasteiger partial charge in [0.25, 0.3) is 0 Å². The SMILES string of the molecule is CCNC(=O)NC1CCCCC12CN(Cc1ccc3c(c1)CCC3)CCO2.O=C(O)C(F)(F)F. The zero-order valence-corrected chi connectivity index (χ0v) is 19.5. The highest BCUT2D eigenvalue weighted by Crippen LogP contribution is 2.35. The predicted molar refractivity (Wildman–Crippen MR) is 121 cm³/mol. The van der Waals surface area contributed by atoms with Gasteiger partial charge in [-0.3, -0.25) is 4.90 Å². The fourth-order valence-electron chi connectivity index (χ4n) is 5.14. The summed E-state index contributed by atoms with van der Waals surface area (Å²) in [6, 6.07) is 7.07. The highest BCUT2D eigenvalue weighted by Gasteiger charge is 2.45. The van der Waals surface area contributed by atoms with E-state index in [1.807, 2.05) is 6.92 Å². The number of hydrogen-bond acceptors (Lipinski definition) is 4. The first-order valence-corrected chi connectivity index (χ1v) is 11.9. The number of alkyl halides is 3. The number of nitrogens with one attached hydrogen (secondary N) is 2. The van der Waals surface area contributed by atoms with E-state index >= 15 is 0 Å². The number of benzene rings is 1. The summed E-state index contributed by atoms with van der Waals surface area (Å²) in [7, 11) is 0. The number of morpholine rings is 1. The van der Waals surface area contributed by atoms with Crippen LogP contribution in [0.15, 0.2) is 18.2 Å². The van der Waals surface area contributed by atoms with E-state index in [0.29, 0.717) is 6.54 Å². The van der Waals surface area contributed by atoms with E-state index in [1.165, 1.54) is 36.8 Å². The van der Waals surface area contributed by atoms with Crippen molar-refractivity contribution in [3.8, 4) is 0 Å². The average Bonchev–Trinajstić information content (AvgIpc) is 3.24. The van der Waals surface area contributed by atoms with Crippen LogP contribution in [0.25, 0.3) is 0 Å². The summed E-state index contributed by atoms with van der Waals surface area (Å²) >= 11 is 0. The summed E-state index contributed by atoms with van der Waals surface area (Å²) in [4.78, 5) is 23.5. The zero-order chi connectivity index (χ0) is 24.8. The first kappa shape index (κ1) is 26.3. The van der Waals surface area contributed by atoms with Crippen LogP contribution in [0.1, 0.15) is 55.7 Å². The van der Waals surface area contributed by atoms with Crippen molar-refractivity contribution in [2.24, 2.45) is 0 Å². The van der Waals surface area contributed by atoms with Gasteiger partial charge < -0.3 is 20.5 Å². The van der Waals surface area contributed by atoms with Gasteiger partial charge in [-0.2, -0.15) is 13.2 Å². The Morgan fingerprint density at radius 2 is 1.94 bits per heavy atom. The van der Waals surface area contributed by atoms with E-state index in [0.717, 1.165) is 45.5 Å². The van der Waals surface area contributed by atoms with Crippen LogP contribution in [0.5, 0.6) is 0 Å². The Hall–Kier alpha value is -2.33. The fourth-order valence-corrected chi connectivity index (χ4v) is 5.14. The molecule has 2 unspecified atom stereocenters. The average molecular weight is 486 g/mol. The number of fused-ring (bicyclic) bond motifs is 1. The maximum atomic E-state index is 12.1. The Kier molecular flexibility index (Phi) is 8.81. The third kappa shape index (κ3) is 6.85. The maximum Gasteiger partial charge on any atom is 0.490 e. The third-order valence-corrected chi connectivity index (χ3v) is 6.72. The minimum absolute atomic E-state index is 0.0666. The van der Waals surface area contributed by atoms with Crippen molar-refractivity contribution in [1.29, 1.82) is 0 Å². The molecule has 0 aromatic heterocycles. The van der Waals surface area contributed by atoms with Gasteiger partial charge in [0.1, 0.15) is 5.60 Å². The fraction of sp³-hybridized carbons (Fsp3) is 0.667. The van der Waals surface area contributed by atoms with Crippen molar-refractivity contribution < 1.29 is 32.6 Å². The number of urea groups is 1.